The fourth-order valence-electron chi connectivity index (χ4n) is 2.14. The van der Waals surface area contributed by atoms with E-state index < -0.39 is 0 Å². The number of nitrogens with one attached hydrogen (secondary N) is 1. The molecule has 0 aliphatic carbocycles. The van der Waals surface area contributed by atoms with E-state index in [1.165, 1.54) is 0 Å². The van der Waals surface area contributed by atoms with Gasteiger partial charge >= 0.3 is 0 Å². The Balaban J connectivity index is 1.44. The molecule has 23 heavy (non-hydrogen) atoms. The molecule has 0 radical (unpaired) electrons. The summed E-state index contributed by atoms with van der Waals surface area (Å²) < 4.78 is 21.2. The molecule has 6 nitrogen and oxygen atoms in total. The van der Waals surface area contributed by atoms with Gasteiger partial charge < -0.3 is 24.3 Å². The zero-order valence-electron chi connectivity index (χ0n) is 12.7. The maximum absolute atomic E-state index is 12.0. The van der Waals surface area contributed by atoms with Crippen LogP contribution in [0.4, 0.5) is 0 Å². The van der Waals surface area contributed by atoms with Crippen molar-refractivity contribution in [1.82, 2.24) is 5.32 Å². The van der Waals surface area contributed by atoms with Crippen LogP contribution in [-0.4, -0.2) is 33.0 Å². The van der Waals surface area contributed by atoms with Crippen LogP contribution in [0.3, 0.4) is 0 Å². The maximum atomic E-state index is 12.0. The summed E-state index contributed by atoms with van der Waals surface area (Å²) in [6, 6.07) is 12.3. The van der Waals surface area contributed by atoms with E-state index in [2.05, 4.69) is 5.32 Å². The third-order valence-electron chi connectivity index (χ3n) is 3.35. The van der Waals surface area contributed by atoms with E-state index in [9.17, 15) is 4.79 Å². The second-order valence-corrected chi connectivity index (χ2v) is 4.85. The first-order chi connectivity index (χ1) is 11.3. The van der Waals surface area contributed by atoms with Crippen molar-refractivity contribution in [2.45, 2.75) is 0 Å². The Labute approximate surface area is 133 Å². The molecule has 0 spiro atoms. The molecule has 0 saturated carbocycles. The molecule has 120 valence electrons. The summed E-state index contributed by atoms with van der Waals surface area (Å²) in [5.74, 6) is 2.62. The van der Waals surface area contributed by atoms with Crippen LogP contribution in [0, 0.1) is 0 Å². The monoisotopic (exact) mass is 315 g/mol. The lowest BCUT2D eigenvalue weighted by molar-refractivity contribution is 0.0947. The fourth-order valence-corrected chi connectivity index (χ4v) is 2.14. The van der Waals surface area contributed by atoms with Gasteiger partial charge in [0.1, 0.15) is 18.1 Å². The molecule has 1 heterocycles. The first-order valence-electron chi connectivity index (χ1n) is 7.21. The predicted molar refractivity (Wildman–Crippen MR) is 83.4 cm³/mol. The lowest BCUT2D eigenvalue weighted by Crippen LogP contribution is -2.28. The van der Waals surface area contributed by atoms with Gasteiger partial charge in [0.05, 0.1) is 13.7 Å². The van der Waals surface area contributed by atoms with Gasteiger partial charge in [0.25, 0.3) is 5.91 Å². The molecule has 1 aliphatic rings. The third-order valence-corrected chi connectivity index (χ3v) is 3.35. The molecule has 0 fully saturated rings. The van der Waals surface area contributed by atoms with Crippen molar-refractivity contribution in [3.63, 3.8) is 0 Å². The lowest BCUT2D eigenvalue weighted by Gasteiger charge is -2.08. The summed E-state index contributed by atoms with van der Waals surface area (Å²) in [5, 5.41) is 2.80. The van der Waals surface area contributed by atoms with Crippen molar-refractivity contribution in [3.8, 4) is 23.0 Å². The second-order valence-electron chi connectivity index (χ2n) is 4.85. The number of benzene rings is 2. The van der Waals surface area contributed by atoms with E-state index in [1.54, 1.807) is 49.6 Å². The Bertz CT molecular complexity index is 684. The number of amides is 1. The normalized spacial score (nSPS) is 11.9. The number of carbonyl (C=O) groups excluding carboxylic acids is 1. The molecule has 0 unspecified atom stereocenters. The summed E-state index contributed by atoms with van der Waals surface area (Å²) in [6.45, 7) is 0.998. The molecule has 2 aromatic rings. The average molecular weight is 315 g/mol. The van der Waals surface area contributed by atoms with Gasteiger partial charge in [-0.2, -0.15) is 0 Å². The van der Waals surface area contributed by atoms with E-state index in [0.717, 1.165) is 0 Å². The summed E-state index contributed by atoms with van der Waals surface area (Å²) in [4.78, 5) is 12.0. The van der Waals surface area contributed by atoms with Crippen LogP contribution in [0.25, 0.3) is 0 Å². The fraction of sp³-hybridized carbons (Fsp3) is 0.235. The predicted octanol–water partition coefficient (Wildman–Crippen LogP) is 2.23. The minimum absolute atomic E-state index is 0.151. The molecule has 2 aromatic carbocycles. The van der Waals surface area contributed by atoms with Crippen LogP contribution in [0.5, 0.6) is 23.0 Å². The molecule has 0 atom stereocenters. The van der Waals surface area contributed by atoms with Crippen LogP contribution in [0.1, 0.15) is 10.4 Å². The second kappa shape index (κ2) is 6.91. The Kier molecular flexibility index (Phi) is 4.52. The Hall–Kier alpha value is -2.89. The first kappa shape index (κ1) is 15.0. The quantitative estimate of drug-likeness (QED) is 0.828. The van der Waals surface area contributed by atoms with Gasteiger partial charge in [-0.05, 0) is 36.4 Å². The summed E-state index contributed by atoms with van der Waals surface area (Å²) in [5.41, 5.74) is 0.578. The van der Waals surface area contributed by atoms with Crippen molar-refractivity contribution in [3.05, 3.63) is 48.0 Å². The smallest absolute Gasteiger partial charge is 0.251 e. The summed E-state index contributed by atoms with van der Waals surface area (Å²) >= 11 is 0. The Morgan fingerprint density at radius 2 is 1.83 bits per heavy atom. The highest BCUT2D eigenvalue weighted by atomic mass is 16.7. The number of hydrogen-bond acceptors (Lipinski definition) is 5. The SMILES string of the molecule is COc1ccc(C(=O)NCCOc2ccc3c(c2)OCO3)cc1. The number of rotatable bonds is 6. The molecule has 0 aromatic heterocycles. The van der Waals surface area contributed by atoms with Crippen molar-refractivity contribution in [1.29, 1.82) is 0 Å². The molecule has 6 heteroatoms. The number of fused-ring (bicyclic) bond motifs is 1. The molecular weight excluding hydrogens is 298 g/mol. The highest BCUT2D eigenvalue weighted by Crippen LogP contribution is 2.34. The molecule has 1 amide bonds. The highest BCUT2D eigenvalue weighted by Gasteiger charge is 2.13. The summed E-state index contributed by atoms with van der Waals surface area (Å²) in [7, 11) is 1.59. The van der Waals surface area contributed by atoms with Gasteiger partial charge in [0, 0.05) is 11.6 Å². The van der Waals surface area contributed by atoms with Crippen LogP contribution < -0.4 is 24.3 Å². The van der Waals surface area contributed by atoms with Gasteiger partial charge in [-0.25, -0.2) is 0 Å². The van der Waals surface area contributed by atoms with Crippen molar-refractivity contribution < 1.29 is 23.7 Å². The van der Waals surface area contributed by atoms with Gasteiger partial charge in [-0.3, -0.25) is 4.79 Å². The molecule has 3 rings (SSSR count). The molecular formula is C17H17NO5. The Morgan fingerprint density at radius 3 is 2.61 bits per heavy atom. The minimum Gasteiger partial charge on any atom is -0.497 e. The standard InChI is InChI=1S/C17H17NO5/c1-20-13-4-2-12(3-5-13)17(19)18-8-9-21-14-6-7-15-16(10-14)23-11-22-15/h2-7,10H,8-9,11H2,1H3,(H,18,19). The van der Waals surface area contributed by atoms with Crippen LogP contribution in [-0.2, 0) is 0 Å². The van der Waals surface area contributed by atoms with Gasteiger partial charge in [0.15, 0.2) is 11.5 Å². The average Bonchev–Trinajstić information content (AvgIpc) is 3.06. The van der Waals surface area contributed by atoms with E-state index in [4.69, 9.17) is 18.9 Å². The van der Waals surface area contributed by atoms with Crippen LogP contribution >= 0.6 is 0 Å². The van der Waals surface area contributed by atoms with Crippen molar-refractivity contribution in [2.75, 3.05) is 27.1 Å². The first-order valence-corrected chi connectivity index (χ1v) is 7.21. The molecule has 0 bridgehead atoms. The van der Waals surface area contributed by atoms with E-state index in [1.807, 2.05) is 0 Å². The zero-order valence-corrected chi connectivity index (χ0v) is 12.7. The molecule has 1 N–H and O–H groups in total. The highest BCUT2D eigenvalue weighted by molar-refractivity contribution is 5.94. The number of ether oxygens (including phenoxy) is 4. The van der Waals surface area contributed by atoms with Crippen molar-refractivity contribution >= 4 is 5.91 Å². The largest absolute Gasteiger partial charge is 0.497 e. The summed E-state index contributed by atoms with van der Waals surface area (Å²) in [6.07, 6.45) is 0. The number of methoxy groups -OCH3 is 1. The van der Waals surface area contributed by atoms with Crippen molar-refractivity contribution in [2.24, 2.45) is 0 Å². The minimum atomic E-state index is -0.151. The lowest BCUT2D eigenvalue weighted by atomic mass is 10.2. The van der Waals surface area contributed by atoms with E-state index in [-0.39, 0.29) is 12.7 Å². The number of hydrogen-bond donors (Lipinski definition) is 1. The molecule has 1 aliphatic heterocycles. The topological polar surface area (TPSA) is 66.0 Å². The van der Waals surface area contributed by atoms with Gasteiger partial charge in [0.2, 0.25) is 6.79 Å². The Morgan fingerprint density at radius 1 is 1.09 bits per heavy atom. The zero-order chi connectivity index (χ0) is 16.1. The molecule has 0 saturated heterocycles. The van der Waals surface area contributed by atoms with Gasteiger partial charge in [-0.15, -0.1) is 0 Å². The van der Waals surface area contributed by atoms with Crippen LogP contribution in [0.2, 0.25) is 0 Å². The third kappa shape index (κ3) is 3.66. The van der Waals surface area contributed by atoms with Crippen LogP contribution in [0.15, 0.2) is 42.5 Å². The van der Waals surface area contributed by atoms with Gasteiger partial charge in [-0.1, -0.05) is 0 Å². The maximum Gasteiger partial charge on any atom is 0.251 e. The van der Waals surface area contributed by atoms with E-state index in [0.29, 0.717) is 41.7 Å². The van der Waals surface area contributed by atoms with E-state index >= 15 is 0 Å². The number of carbonyl (C=O) groups is 1.